The van der Waals surface area contributed by atoms with Gasteiger partial charge < -0.3 is 9.67 Å². The maximum atomic E-state index is 9.37. The SMILES string of the molecule is [Ac].[C-]#[N+]c1ccc2c(c1)nc(CO)n2CCC(C)C. The number of hydrogen-bond acceptors (Lipinski definition) is 2. The predicted molar refractivity (Wildman–Crippen MR) is 71.4 cm³/mol. The van der Waals surface area contributed by atoms with Gasteiger partial charge >= 0.3 is 0 Å². The largest absolute Gasteiger partial charge is 0.388 e. The first-order valence-electron chi connectivity index (χ1n) is 6.13. The Hall–Kier alpha value is -0.418. The molecule has 4 nitrogen and oxygen atoms in total. The van der Waals surface area contributed by atoms with Crippen LogP contribution >= 0.6 is 0 Å². The molecule has 0 atom stereocenters. The van der Waals surface area contributed by atoms with E-state index in [0.717, 1.165) is 24.0 Å². The van der Waals surface area contributed by atoms with Crippen LogP contribution in [0.15, 0.2) is 18.2 Å². The minimum absolute atomic E-state index is 0. The van der Waals surface area contributed by atoms with Gasteiger partial charge in [0, 0.05) is 50.6 Å². The second-order valence-electron chi connectivity index (χ2n) is 4.81. The number of rotatable bonds is 4. The van der Waals surface area contributed by atoms with Crippen LogP contribution < -0.4 is 0 Å². The minimum Gasteiger partial charge on any atom is -0.388 e. The van der Waals surface area contributed by atoms with Crippen LogP contribution in [0.3, 0.4) is 0 Å². The first-order valence-corrected chi connectivity index (χ1v) is 6.13. The summed E-state index contributed by atoms with van der Waals surface area (Å²) in [5.74, 6) is 1.28. The molecule has 0 aliphatic carbocycles. The Kier molecular flexibility index (Phi) is 6.47. The fourth-order valence-corrected chi connectivity index (χ4v) is 2.00. The van der Waals surface area contributed by atoms with Crippen LogP contribution in [0.1, 0.15) is 26.1 Å². The summed E-state index contributed by atoms with van der Waals surface area (Å²) in [6.45, 7) is 12.1. The Balaban J connectivity index is 0.00000180. The number of aryl methyl sites for hydroxylation is 1. The summed E-state index contributed by atoms with van der Waals surface area (Å²) >= 11 is 0. The van der Waals surface area contributed by atoms with E-state index >= 15 is 0 Å². The van der Waals surface area contributed by atoms with E-state index in [4.69, 9.17) is 6.57 Å². The van der Waals surface area contributed by atoms with Gasteiger partial charge in [0.05, 0.1) is 17.6 Å². The molecule has 2 aromatic rings. The average molecular weight is 470 g/mol. The van der Waals surface area contributed by atoms with Gasteiger partial charge in [0.2, 0.25) is 0 Å². The summed E-state index contributed by atoms with van der Waals surface area (Å²) in [6.07, 6.45) is 1.04. The van der Waals surface area contributed by atoms with Gasteiger partial charge in [0.25, 0.3) is 0 Å². The van der Waals surface area contributed by atoms with E-state index in [2.05, 4.69) is 23.7 Å². The monoisotopic (exact) mass is 470 g/mol. The molecule has 0 unspecified atom stereocenters. The summed E-state index contributed by atoms with van der Waals surface area (Å²) in [4.78, 5) is 7.79. The summed E-state index contributed by atoms with van der Waals surface area (Å²) in [5, 5.41) is 9.37. The molecule has 0 amide bonds. The fraction of sp³-hybridized carbons (Fsp3) is 0.429. The van der Waals surface area contributed by atoms with Gasteiger partial charge in [-0.2, -0.15) is 0 Å². The Morgan fingerprint density at radius 3 is 2.74 bits per heavy atom. The zero-order valence-electron chi connectivity index (χ0n) is 11.3. The van der Waals surface area contributed by atoms with Crippen molar-refractivity contribution in [2.45, 2.75) is 33.4 Å². The van der Waals surface area contributed by atoms with Gasteiger partial charge in [-0.05, 0) is 24.5 Å². The molecule has 0 fully saturated rings. The molecular formula is C14H17AcN3O. The Morgan fingerprint density at radius 1 is 1.42 bits per heavy atom. The third-order valence-electron chi connectivity index (χ3n) is 3.01. The van der Waals surface area contributed by atoms with Crippen molar-refractivity contribution in [3.63, 3.8) is 0 Å². The minimum atomic E-state index is -0.0693. The van der Waals surface area contributed by atoms with Crippen molar-refractivity contribution in [3.05, 3.63) is 35.4 Å². The first-order chi connectivity index (χ1) is 8.65. The summed E-state index contributed by atoms with van der Waals surface area (Å²) in [5.41, 5.74) is 2.36. The van der Waals surface area contributed by atoms with Crippen molar-refractivity contribution in [1.82, 2.24) is 9.55 Å². The summed E-state index contributed by atoms with van der Waals surface area (Å²) in [6, 6.07) is 5.48. The van der Waals surface area contributed by atoms with Gasteiger partial charge in [0.1, 0.15) is 12.4 Å². The standard InChI is InChI=1S/C14H17N3O.Ac/c1-10(2)6-7-17-13-5-4-11(15-3)8-12(13)16-14(17)9-18;/h4-5,8,10,18H,6-7,9H2,1-2H3;. The molecular weight excluding hydrogens is 453 g/mol. The zero-order chi connectivity index (χ0) is 13.1. The van der Waals surface area contributed by atoms with E-state index in [9.17, 15) is 5.11 Å². The molecule has 0 aliphatic rings. The number of aromatic nitrogens is 2. The Bertz CT molecular complexity index is 598. The second-order valence-corrected chi connectivity index (χ2v) is 4.81. The van der Waals surface area contributed by atoms with E-state index in [1.165, 1.54) is 0 Å². The van der Waals surface area contributed by atoms with Crippen LogP contribution in [0, 0.1) is 56.6 Å². The third-order valence-corrected chi connectivity index (χ3v) is 3.01. The number of imidazole rings is 1. The molecule has 0 aliphatic heterocycles. The van der Waals surface area contributed by atoms with E-state index in [1.54, 1.807) is 12.1 Å². The van der Waals surface area contributed by atoms with Crippen LogP contribution in [0.25, 0.3) is 15.9 Å². The molecule has 5 heteroatoms. The predicted octanol–water partition coefficient (Wildman–Crippen LogP) is 3.13. The van der Waals surface area contributed by atoms with Crippen molar-refractivity contribution in [2.24, 2.45) is 5.92 Å². The van der Waals surface area contributed by atoms with Crippen LogP contribution in [-0.2, 0) is 13.2 Å². The topological polar surface area (TPSA) is 42.4 Å². The molecule has 0 saturated carbocycles. The van der Waals surface area contributed by atoms with Gasteiger partial charge in [0.15, 0.2) is 5.69 Å². The van der Waals surface area contributed by atoms with Crippen LogP contribution in [0.5, 0.6) is 0 Å². The number of fused-ring (bicyclic) bond motifs is 1. The number of hydrogen-bond donors (Lipinski definition) is 1. The number of benzene rings is 1. The second kappa shape index (κ2) is 7.39. The molecule has 1 aromatic carbocycles. The summed E-state index contributed by atoms with van der Waals surface area (Å²) in [7, 11) is 0. The molecule has 1 heterocycles. The molecule has 2 rings (SSSR count). The maximum Gasteiger partial charge on any atom is 0.189 e. The van der Waals surface area contributed by atoms with Crippen molar-refractivity contribution < 1.29 is 49.2 Å². The van der Waals surface area contributed by atoms with Crippen LogP contribution in [0.4, 0.5) is 5.69 Å². The molecule has 0 spiro atoms. The fourth-order valence-electron chi connectivity index (χ4n) is 2.00. The molecule has 1 N–H and O–H groups in total. The maximum absolute atomic E-state index is 9.37. The van der Waals surface area contributed by atoms with E-state index in [0.29, 0.717) is 17.4 Å². The van der Waals surface area contributed by atoms with E-state index in [-0.39, 0.29) is 50.7 Å². The smallest absolute Gasteiger partial charge is 0.189 e. The normalized spacial score (nSPS) is 10.5. The zero-order valence-corrected chi connectivity index (χ0v) is 16.0. The molecule has 97 valence electrons. The quantitative estimate of drug-likeness (QED) is 0.699. The molecule has 0 bridgehead atoms. The average Bonchev–Trinajstić information content (AvgIpc) is 2.72. The van der Waals surface area contributed by atoms with Crippen molar-refractivity contribution in [3.8, 4) is 0 Å². The molecule has 0 saturated heterocycles. The van der Waals surface area contributed by atoms with E-state index < -0.39 is 0 Å². The van der Waals surface area contributed by atoms with Gasteiger partial charge in [-0.15, -0.1) is 0 Å². The van der Waals surface area contributed by atoms with Crippen LogP contribution in [0.2, 0.25) is 0 Å². The Morgan fingerprint density at radius 2 is 2.16 bits per heavy atom. The number of nitrogens with zero attached hydrogens (tertiary/aromatic N) is 3. The Labute approximate surface area is 149 Å². The summed E-state index contributed by atoms with van der Waals surface area (Å²) < 4.78 is 2.04. The van der Waals surface area contributed by atoms with Crippen molar-refractivity contribution >= 4 is 16.7 Å². The molecule has 1 aromatic heterocycles. The third kappa shape index (κ3) is 3.79. The van der Waals surface area contributed by atoms with Gasteiger partial charge in [-0.1, -0.05) is 19.9 Å². The van der Waals surface area contributed by atoms with E-state index in [1.807, 2.05) is 10.6 Å². The van der Waals surface area contributed by atoms with Crippen molar-refractivity contribution in [1.29, 1.82) is 0 Å². The first kappa shape index (κ1) is 16.6. The molecule has 1 radical (unpaired) electrons. The van der Waals surface area contributed by atoms with Crippen LogP contribution in [-0.4, -0.2) is 14.7 Å². The number of aliphatic hydroxyl groups is 1. The van der Waals surface area contributed by atoms with Gasteiger partial charge in [-0.3, -0.25) is 0 Å². The van der Waals surface area contributed by atoms with Crippen molar-refractivity contribution in [2.75, 3.05) is 0 Å². The van der Waals surface area contributed by atoms with Gasteiger partial charge in [-0.25, -0.2) is 9.83 Å². The molecule has 19 heavy (non-hydrogen) atoms. The number of aliphatic hydroxyl groups excluding tert-OH is 1.